The maximum atomic E-state index is 11.9. The van der Waals surface area contributed by atoms with Gasteiger partial charge in [0.2, 0.25) is 5.91 Å². The van der Waals surface area contributed by atoms with Crippen LogP contribution in [0.1, 0.15) is 57.6 Å². The Labute approximate surface area is 120 Å². The number of carbonyl (C=O) groups is 1. The van der Waals surface area contributed by atoms with Crippen LogP contribution in [0.4, 0.5) is 0 Å². The number of thiophene rings is 1. The van der Waals surface area contributed by atoms with Crippen LogP contribution >= 0.6 is 11.3 Å². The van der Waals surface area contributed by atoms with Crippen LogP contribution in [-0.4, -0.2) is 12.5 Å². The lowest BCUT2D eigenvalue weighted by molar-refractivity contribution is -0.122. The highest BCUT2D eigenvalue weighted by Gasteiger charge is 2.13. The number of nitrogens with one attached hydrogen (secondary N) is 1. The molecule has 0 saturated heterocycles. The fraction of sp³-hybridized carbons (Fsp3) is 0.667. The van der Waals surface area contributed by atoms with E-state index in [1.54, 1.807) is 11.3 Å². The Kier molecular flexibility index (Phi) is 7.75. The lowest BCUT2D eigenvalue weighted by atomic mass is 9.94. The van der Waals surface area contributed by atoms with E-state index in [2.05, 4.69) is 23.7 Å². The minimum Gasteiger partial charge on any atom is -0.350 e. The minimum absolute atomic E-state index is 0.109. The van der Waals surface area contributed by atoms with Crippen molar-refractivity contribution in [3.05, 3.63) is 22.4 Å². The van der Waals surface area contributed by atoms with Crippen molar-refractivity contribution >= 4 is 17.2 Å². The molecule has 19 heavy (non-hydrogen) atoms. The van der Waals surface area contributed by atoms with Gasteiger partial charge in [0.05, 0.1) is 6.04 Å². The monoisotopic (exact) mass is 282 g/mol. The summed E-state index contributed by atoms with van der Waals surface area (Å²) >= 11 is 1.66. The highest BCUT2D eigenvalue weighted by molar-refractivity contribution is 7.07. The first kappa shape index (κ1) is 16.2. The predicted molar refractivity (Wildman–Crippen MR) is 82.2 cm³/mol. The van der Waals surface area contributed by atoms with Gasteiger partial charge in [-0.25, -0.2) is 0 Å². The third kappa shape index (κ3) is 6.21. The predicted octanol–water partition coefficient (Wildman–Crippen LogP) is 3.47. The Morgan fingerprint density at radius 1 is 1.42 bits per heavy atom. The molecule has 0 bridgehead atoms. The minimum atomic E-state index is 0.109. The van der Waals surface area contributed by atoms with Crippen molar-refractivity contribution in [2.75, 3.05) is 6.54 Å². The van der Waals surface area contributed by atoms with Crippen molar-refractivity contribution in [2.24, 2.45) is 11.7 Å². The second kappa shape index (κ2) is 9.10. The molecule has 3 N–H and O–H groups in total. The highest BCUT2D eigenvalue weighted by atomic mass is 32.1. The van der Waals surface area contributed by atoms with Crippen LogP contribution in [0.25, 0.3) is 0 Å². The summed E-state index contributed by atoms with van der Waals surface area (Å²) in [5.41, 5.74) is 6.80. The SMILES string of the molecule is CCCC(CCN)CCC(=O)NC(C)c1ccsc1. The summed E-state index contributed by atoms with van der Waals surface area (Å²) in [4.78, 5) is 11.9. The van der Waals surface area contributed by atoms with Crippen LogP contribution in [0.2, 0.25) is 0 Å². The molecule has 1 aromatic heterocycles. The van der Waals surface area contributed by atoms with Gasteiger partial charge in [-0.15, -0.1) is 0 Å². The topological polar surface area (TPSA) is 55.1 Å². The van der Waals surface area contributed by atoms with Crippen molar-refractivity contribution in [3.8, 4) is 0 Å². The lowest BCUT2D eigenvalue weighted by Crippen LogP contribution is -2.26. The molecule has 2 unspecified atom stereocenters. The van der Waals surface area contributed by atoms with Gasteiger partial charge in [-0.2, -0.15) is 11.3 Å². The molecule has 0 aliphatic carbocycles. The summed E-state index contributed by atoms with van der Waals surface area (Å²) in [6.45, 7) is 4.93. The molecule has 0 aromatic carbocycles. The van der Waals surface area contributed by atoms with Crippen molar-refractivity contribution in [1.29, 1.82) is 0 Å². The first-order chi connectivity index (χ1) is 9.17. The quantitative estimate of drug-likeness (QED) is 0.728. The number of hydrogen-bond acceptors (Lipinski definition) is 3. The standard InChI is InChI=1S/C15H26N2OS/c1-3-4-13(7-9-16)5-6-15(18)17-12(2)14-8-10-19-11-14/h8,10-13H,3-7,9,16H2,1-2H3,(H,17,18). The van der Waals surface area contributed by atoms with Crippen LogP contribution < -0.4 is 11.1 Å². The molecule has 4 heteroatoms. The Morgan fingerprint density at radius 2 is 2.21 bits per heavy atom. The van der Waals surface area contributed by atoms with E-state index in [0.717, 1.165) is 25.8 Å². The highest BCUT2D eigenvalue weighted by Crippen LogP contribution is 2.18. The van der Waals surface area contributed by atoms with Crippen molar-refractivity contribution in [1.82, 2.24) is 5.32 Å². The Bertz CT molecular complexity index is 345. The van der Waals surface area contributed by atoms with Gasteiger partial charge in [0.1, 0.15) is 0 Å². The Balaban J connectivity index is 2.30. The molecule has 0 radical (unpaired) electrons. The first-order valence-electron chi connectivity index (χ1n) is 7.18. The maximum absolute atomic E-state index is 11.9. The Hall–Kier alpha value is -0.870. The van der Waals surface area contributed by atoms with Crippen LogP contribution in [0.3, 0.4) is 0 Å². The summed E-state index contributed by atoms with van der Waals surface area (Å²) in [7, 11) is 0. The van der Waals surface area contributed by atoms with Gasteiger partial charge in [0, 0.05) is 6.42 Å². The fourth-order valence-electron chi connectivity index (χ4n) is 2.33. The smallest absolute Gasteiger partial charge is 0.220 e. The van der Waals surface area contributed by atoms with Crippen LogP contribution in [0.15, 0.2) is 16.8 Å². The average molecular weight is 282 g/mol. The number of hydrogen-bond donors (Lipinski definition) is 2. The van der Waals surface area contributed by atoms with E-state index in [9.17, 15) is 4.79 Å². The third-order valence-corrected chi connectivity index (χ3v) is 4.17. The van der Waals surface area contributed by atoms with Crippen LogP contribution in [-0.2, 0) is 4.79 Å². The van der Waals surface area contributed by atoms with Gasteiger partial charge in [-0.3, -0.25) is 4.79 Å². The molecule has 1 heterocycles. The molecule has 108 valence electrons. The largest absolute Gasteiger partial charge is 0.350 e. The van der Waals surface area contributed by atoms with Gasteiger partial charge in [0.15, 0.2) is 0 Å². The number of carbonyl (C=O) groups excluding carboxylic acids is 1. The molecule has 3 nitrogen and oxygen atoms in total. The van der Waals surface area contributed by atoms with E-state index >= 15 is 0 Å². The molecular formula is C15H26N2OS. The van der Waals surface area contributed by atoms with E-state index in [1.807, 2.05) is 12.3 Å². The number of rotatable bonds is 9. The van der Waals surface area contributed by atoms with E-state index < -0.39 is 0 Å². The lowest BCUT2D eigenvalue weighted by Gasteiger charge is -2.16. The first-order valence-corrected chi connectivity index (χ1v) is 8.13. The molecule has 0 aliphatic rings. The molecule has 1 rings (SSSR count). The third-order valence-electron chi connectivity index (χ3n) is 3.47. The zero-order valence-electron chi connectivity index (χ0n) is 12.0. The van der Waals surface area contributed by atoms with Crippen LogP contribution in [0.5, 0.6) is 0 Å². The summed E-state index contributed by atoms with van der Waals surface area (Å²) in [6, 6.07) is 2.17. The van der Waals surface area contributed by atoms with E-state index in [-0.39, 0.29) is 11.9 Å². The molecule has 0 spiro atoms. The molecular weight excluding hydrogens is 256 g/mol. The molecule has 0 aliphatic heterocycles. The summed E-state index contributed by atoms with van der Waals surface area (Å²) in [6.07, 6.45) is 4.93. The Morgan fingerprint density at radius 3 is 2.79 bits per heavy atom. The zero-order valence-corrected chi connectivity index (χ0v) is 12.8. The normalized spacial score (nSPS) is 14.1. The van der Waals surface area contributed by atoms with E-state index in [0.29, 0.717) is 12.3 Å². The fourth-order valence-corrected chi connectivity index (χ4v) is 3.08. The van der Waals surface area contributed by atoms with Gasteiger partial charge in [-0.05, 0) is 54.6 Å². The van der Waals surface area contributed by atoms with Crippen molar-refractivity contribution < 1.29 is 4.79 Å². The zero-order chi connectivity index (χ0) is 14.1. The van der Waals surface area contributed by atoms with Crippen LogP contribution in [0, 0.1) is 5.92 Å². The summed E-state index contributed by atoms with van der Waals surface area (Å²) in [5.74, 6) is 0.744. The molecule has 1 amide bonds. The van der Waals surface area contributed by atoms with Gasteiger partial charge < -0.3 is 11.1 Å². The average Bonchev–Trinajstić information content (AvgIpc) is 2.90. The van der Waals surface area contributed by atoms with Gasteiger partial charge in [0.25, 0.3) is 0 Å². The van der Waals surface area contributed by atoms with Crippen molar-refractivity contribution in [3.63, 3.8) is 0 Å². The molecule has 2 atom stereocenters. The number of nitrogens with two attached hydrogens (primary N) is 1. The molecule has 0 fully saturated rings. The second-order valence-electron chi connectivity index (χ2n) is 5.12. The molecule has 1 aromatic rings. The summed E-state index contributed by atoms with van der Waals surface area (Å²) in [5, 5.41) is 7.18. The second-order valence-corrected chi connectivity index (χ2v) is 5.90. The van der Waals surface area contributed by atoms with Gasteiger partial charge >= 0.3 is 0 Å². The van der Waals surface area contributed by atoms with E-state index in [4.69, 9.17) is 5.73 Å². The van der Waals surface area contributed by atoms with Gasteiger partial charge in [-0.1, -0.05) is 19.8 Å². The van der Waals surface area contributed by atoms with E-state index in [1.165, 1.54) is 12.0 Å². The molecule has 0 saturated carbocycles. The number of amides is 1. The summed E-state index contributed by atoms with van der Waals surface area (Å²) < 4.78 is 0. The maximum Gasteiger partial charge on any atom is 0.220 e. The van der Waals surface area contributed by atoms with Crippen molar-refractivity contribution in [2.45, 2.75) is 52.0 Å².